The molecule has 1 aliphatic heterocycles. The first kappa shape index (κ1) is 16.1. The first-order valence-corrected chi connectivity index (χ1v) is 9.07. The van der Waals surface area contributed by atoms with Crippen LogP contribution in [0.2, 0.25) is 0 Å². The predicted octanol–water partition coefficient (Wildman–Crippen LogP) is 0.473. The quantitative estimate of drug-likeness (QED) is 0.838. The lowest BCUT2D eigenvalue weighted by molar-refractivity contribution is -0.919. The molecule has 0 amide bonds. The van der Waals surface area contributed by atoms with Crippen molar-refractivity contribution in [2.24, 2.45) is 5.92 Å². The van der Waals surface area contributed by atoms with E-state index in [0.29, 0.717) is 5.69 Å². The molecule has 0 radical (unpaired) electrons. The zero-order chi connectivity index (χ0) is 16.1. The van der Waals surface area contributed by atoms with Crippen LogP contribution in [0.25, 0.3) is 0 Å². The zero-order valence-electron chi connectivity index (χ0n) is 13.2. The summed E-state index contributed by atoms with van der Waals surface area (Å²) >= 11 is 1.57. The van der Waals surface area contributed by atoms with Gasteiger partial charge in [0.1, 0.15) is 11.6 Å². The van der Waals surface area contributed by atoms with E-state index in [1.54, 1.807) is 16.2 Å². The second kappa shape index (κ2) is 7.70. The Balaban J connectivity index is 1.45. The largest absolute Gasteiger partial charge is 0.550 e. The van der Waals surface area contributed by atoms with Gasteiger partial charge < -0.3 is 14.8 Å². The van der Waals surface area contributed by atoms with Gasteiger partial charge in [0.2, 0.25) is 0 Å². The highest BCUT2D eigenvalue weighted by molar-refractivity contribution is 7.09. The molecule has 0 aliphatic carbocycles. The molecule has 2 aromatic rings. The molecule has 5 heteroatoms. The van der Waals surface area contributed by atoms with Gasteiger partial charge in [-0.1, -0.05) is 30.3 Å². The maximum Gasteiger partial charge on any atom is 0.147 e. The van der Waals surface area contributed by atoms with Gasteiger partial charge in [0.25, 0.3) is 0 Å². The highest BCUT2D eigenvalue weighted by Crippen LogP contribution is 2.17. The highest BCUT2D eigenvalue weighted by Gasteiger charge is 2.23. The van der Waals surface area contributed by atoms with Crippen molar-refractivity contribution in [2.45, 2.75) is 32.2 Å². The van der Waals surface area contributed by atoms with E-state index >= 15 is 0 Å². The van der Waals surface area contributed by atoms with E-state index in [1.807, 2.05) is 5.38 Å². The lowest BCUT2D eigenvalue weighted by Gasteiger charge is -2.28. The van der Waals surface area contributed by atoms with Crippen LogP contribution in [0.1, 0.15) is 29.1 Å². The molecule has 3 rings (SSSR count). The van der Waals surface area contributed by atoms with Crippen molar-refractivity contribution in [1.82, 2.24) is 4.98 Å². The lowest BCUT2D eigenvalue weighted by atomic mass is 9.90. The Bertz CT molecular complexity index is 633. The molecule has 0 saturated carbocycles. The van der Waals surface area contributed by atoms with Crippen molar-refractivity contribution < 1.29 is 14.8 Å². The van der Waals surface area contributed by atoms with Gasteiger partial charge in [-0.15, -0.1) is 11.3 Å². The third-order valence-electron chi connectivity index (χ3n) is 4.51. The summed E-state index contributed by atoms with van der Waals surface area (Å²) in [5.74, 6) is -0.276. The van der Waals surface area contributed by atoms with Gasteiger partial charge in [-0.05, 0) is 30.7 Å². The van der Waals surface area contributed by atoms with Crippen molar-refractivity contribution >= 4 is 17.3 Å². The number of aliphatic carboxylic acids is 1. The molecule has 2 heterocycles. The molecular weight excluding hydrogens is 308 g/mol. The molecule has 122 valence electrons. The fourth-order valence-corrected chi connectivity index (χ4v) is 4.15. The predicted molar refractivity (Wildman–Crippen MR) is 88.1 cm³/mol. The summed E-state index contributed by atoms with van der Waals surface area (Å²) < 4.78 is 0. The monoisotopic (exact) mass is 330 g/mol. The van der Waals surface area contributed by atoms with Crippen molar-refractivity contribution in [2.75, 3.05) is 13.1 Å². The Morgan fingerprint density at radius 2 is 2.00 bits per heavy atom. The van der Waals surface area contributed by atoms with E-state index in [4.69, 9.17) is 0 Å². The number of rotatable bonds is 6. The number of hydrogen-bond acceptors (Lipinski definition) is 4. The number of piperidine rings is 1. The van der Waals surface area contributed by atoms with Crippen molar-refractivity contribution in [3.8, 4) is 0 Å². The fraction of sp³-hybridized carbons (Fsp3) is 0.444. The average Bonchev–Trinajstić information content (AvgIpc) is 2.96. The number of aromatic nitrogens is 1. The Labute approximate surface area is 140 Å². The van der Waals surface area contributed by atoms with Crippen LogP contribution in [0.5, 0.6) is 0 Å². The van der Waals surface area contributed by atoms with Crippen molar-refractivity contribution in [3.63, 3.8) is 0 Å². The van der Waals surface area contributed by atoms with E-state index in [9.17, 15) is 9.90 Å². The topological polar surface area (TPSA) is 57.5 Å². The first-order chi connectivity index (χ1) is 11.2. The molecular formula is C18H22N2O2S. The number of carboxylic acid groups (broad SMARTS) is 1. The summed E-state index contributed by atoms with van der Waals surface area (Å²) in [6.45, 7) is 3.26. The molecule has 1 aromatic carbocycles. The number of hydrogen-bond donors (Lipinski definition) is 1. The summed E-state index contributed by atoms with van der Waals surface area (Å²) in [6, 6.07) is 10.7. The Hall–Kier alpha value is -1.72. The van der Waals surface area contributed by atoms with Gasteiger partial charge in [-0.3, -0.25) is 0 Å². The summed E-state index contributed by atoms with van der Waals surface area (Å²) in [7, 11) is 0. The van der Waals surface area contributed by atoms with Gasteiger partial charge in [0, 0.05) is 17.8 Å². The van der Waals surface area contributed by atoms with E-state index < -0.39 is 5.97 Å². The van der Waals surface area contributed by atoms with Crippen LogP contribution in [0, 0.1) is 5.92 Å². The average molecular weight is 330 g/mol. The smallest absolute Gasteiger partial charge is 0.147 e. The summed E-state index contributed by atoms with van der Waals surface area (Å²) in [4.78, 5) is 16.6. The fourth-order valence-electron chi connectivity index (χ4n) is 3.29. The molecule has 1 fully saturated rings. The van der Waals surface area contributed by atoms with E-state index in [0.717, 1.165) is 17.5 Å². The summed E-state index contributed by atoms with van der Waals surface area (Å²) in [5.41, 5.74) is 2.07. The molecule has 0 atom stereocenters. The number of likely N-dealkylation sites (tertiary alicyclic amines) is 1. The van der Waals surface area contributed by atoms with E-state index in [1.165, 1.54) is 37.9 Å². The summed E-state index contributed by atoms with van der Waals surface area (Å²) in [5, 5.41) is 13.5. The van der Waals surface area contributed by atoms with Gasteiger partial charge in [0.05, 0.1) is 18.8 Å². The molecule has 1 aliphatic rings. The van der Waals surface area contributed by atoms with Crippen molar-refractivity contribution in [3.05, 3.63) is 52.0 Å². The number of nitrogens with zero attached hydrogens (tertiary/aromatic N) is 1. The molecule has 23 heavy (non-hydrogen) atoms. The second-order valence-corrected chi connectivity index (χ2v) is 7.28. The van der Waals surface area contributed by atoms with Crippen LogP contribution >= 0.6 is 11.3 Å². The SMILES string of the molecule is O=C([O-])Cc1csc(C[NH+]2CCC(Cc3ccccc3)CC2)n1. The maximum atomic E-state index is 10.6. The van der Waals surface area contributed by atoms with Gasteiger partial charge >= 0.3 is 0 Å². The minimum Gasteiger partial charge on any atom is -0.550 e. The molecule has 1 N–H and O–H groups in total. The minimum absolute atomic E-state index is 0.0784. The zero-order valence-corrected chi connectivity index (χ0v) is 14.0. The third kappa shape index (κ3) is 4.88. The molecule has 4 nitrogen and oxygen atoms in total. The number of benzene rings is 1. The van der Waals surface area contributed by atoms with Crippen molar-refractivity contribution in [1.29, 1.82) is 0 Å². The van der Waals surface area contributed by atoms with Crippen LogP contribution in [-0.2, 0) is 24.2 Å². The van der Waals surface area contributed by atoms with Gasteiger partial charge in [-0.2, -0.15) is 0 Å². The van der Waals surface area contributed by atoms with Crippen LogP contribution in [0.3, 0.4) is 0 Å². The van der Waals surface area contributed by atoms with Crippen LogP contribution in [0.15, 0.2) is 35.7 Å². The second-order valence-electron chi connectivity index (χ2n) is 6.34. The third-order valence-corrected chi connectivity index (χ3v) is 5.40. The molecule has 0 bridgehead atoms. The molecule has 0 unspecified atom stereocenters. The number of thiazole rings is 1. The standard InChI is InChI=1S/C18H22N2O2S/c21-18(22)11-16-13-23-17(19-16)12-20-8-6-15(7-9-20)10-14-4-2-1-3-5-14/h1-5,13,15H,6-12H2,(H,21,22). The van der Waals surface area contributed by atoms with Gasteiger partial charge in [-0.25, -0.2) is 4.98 Å². The Morgan fingerprint density at radius 1 is 1.26 bits per heavy atom. The first-order valence-electron chi connectivity index (χ1n) is 8.19. The number of carboxylic acids is 1. The lowest BCUT2D eigenvalue weighted by Crippen LogP contribution is -3.11. The normalized spacial score (nSPS) is 21.2. The van der Waals surface area contributed by atoms with Crippen LogP contribution in [0.4, 0.5) is 0 Å². The Morgan fingerprint density at radius 3 is 2.70 bits per heavy atom. The summed E-state index contributed by atoms with van der Waals surface area (Å²) in [6.07, 6.45) is 3.61. The maximum absolute atomic E-state index is 10.6. The Kier molecular flexibility index (Phi) is 5.41. The minimum atomic E-state index is -1.06. The van der Waals surface area contributed by atoms with Gasteiger partial charge in [0.15, 0.2) is 0 Å². The molecule has 0 spiro atoms. The molecule has 1 saturated heterocycles. The molecule has 1 aromatic heterocycles. The highest BCUT2D eigenvalue weighted by atomic mass is 32.1. The number of carbonyl (C=O) groups excluding carboxylic acids is 1. The van der Waals surface area contributed by atoms with Crippen LogP contribution < -0.4 is 10.0 Å². The number of quaternary nitrogens is 1. The number of carbonyl (C=O) groups is 1. The van der Waals surface area contributed by atoms with E-state index in [2.05, 4.69) is 35.3 Å². The van der Waals surface area contributed by atoms with E-state index in [-0.39, 0.29) is 6.42 Å². The number of nitrogens with one attached hydrogen (secondary N) is 1. The van der Waals surface area contributed by atoms with Crippen LogP contribution in [-0.4, -0.2) is 24.0 Å².